The number of carbonyl (C=O) groups is 3. The predicted octanol–water partition coefficient (Wildman–Crippen LogP) is 4.14. The number of hydrogen-bond donors (Lipinski definition) is 1. The highest BCUT2D eigenvalue weighted by Gasteiger charge is 2.36. The van der Waals surface area contributed by atoms with E-state index in [9.17, 15) is 14.4 Å². The summed E-state index contributed by atoms with van der Waals surface area (Å²) in [7, 11) is 3.00. The van der Waals surface area contributed by atoms with Crippen molar-refractivity contribution in [3.8, 4) is 23.0 Å². The molecule has 1 aliphatic rings. The summed E-state index contributed by atoms with van der Waals surface area (Å²) in [6, 6.07) is 18.2. The van der Waals surface area contributed by atoms with Crippen molar-refractivity contribution < 1.29 is 33.3 Å². The molecule has 0 aliphatic carbocycles. The van der Waals surface area contributed by atoms with Crippen molar-refractivity contribution in [2.45, 2.75) is 6.92 Å². The molecule has 3 aromatic carbocycles. The van der Waals surface area contributed by atoms with E-state index < -0.39 is 17.8 Å². The fraction of sp³-hybridized carbons (Fsp3) is 0.179. The van der Waals surface area contributed by atoms with Crippen LogP contribution in [0.1, 0.15) is 11.1 Å². The number of carbonyl (C=O) groups excluding carboxylic acids is 3. The van der Waals surface area contributed by atoms with Crippen molar-refractivity contribution in [2.75, 3.05) is 32.3 Å². The number of methoxy groups -OCH3 is 2. The van der Waals surface area contributed by atoms with E-state index in [1.807, 2.05) is 31.2 Å². The van der Waals surface area contributed by atoms with E-state index in [-0.39, 0.29) is 12.2 Å². The molecule has 3 aromatic rings. The largest absolute Gasteiger partial charge is 0.497 e. The van der Waals surface area contributed by atoms with Crippen LogP contribution in [0, 0.1) is 6.92 Å². The summed E-state index contributed by atoms with van der Waals surface area (Å²) in [5.74, 6) is 0.680. The van der Waals surface area contributed by atoms with E-state index in [0.29, 0.717) is 35.1 Å². The highest BCUT2D eigenvalue weighted by atomic mass is 16.5. The Morgan fingerprint density at radius 1 is 0.784 bits per heavy atom. The number of ether oxygens (including phenoxy) is 4. The van der Waals surface area contributed by atoms with Crippen molar-refractivity contribution in [3.63, 3.8) is 0 Å². The number of hydrogen-bond acceptors (Lipinski definition) is 7. The Bertz CT molecular complexity index is 1330. The summed E-state index contributed by atoms with van der Waals surface area (Å²) >= 11 is 0. The van der Waals surface area contributed by atoms with Crippen molar-refractivity contribution >= 4 is 29.6 Å². The van der Waals surface area contributed by atoms with Crippen molar-refractivity contribution in [3.05, 3.63) is 83.4 Å². The fourth-order valence-electron chi connectivity index (χ4n) is 3.63. The van der Waals surface area contributed by atoms with Crippen LogP contribution in [-0.4, -0.2) is 45.3 Å². The molecule has 9 heteroatoms. The molecule has 1 N–H and O–H groups in total. The molecule has 4 rings (SSSR count). The second-order valence-corrected chi connectivity index (χ2v) is 8.08. The Morgan fingerprint density at radius 2 is 1.46 bits per heavy atom. The topological polar surface area (TPSA) is 103 Å². The third kappa shape index (κ3) is 5.90. The van der Waals surface area contributed by atoms with E-state index in [0.717, 1.165) is 16.2 Å². The van der Waals surface area contributed by atoms with Crippen LogP contribution in [0.4, 0.5) is 10.5 Å². The summed E-state index contributed by atoms with van der Waals surface area (Å²) in [4.78, 5) is 38.9. The Hall–Kier alpha value is -4.79. The maximum absolute atomic E-state index is 13.1. The standard InChI is InChI=1S/C28H26N2O7/c1-18-4-9-22(10-5-18)36-14-15-37-24-13-6-19(17-25(24)35-3)16-23-26(31)29-28(33)30(27(23)32)20-7-11-21(34-2)12-8-20/h4-13,16-17H,14-15H2,1-3H3,(H,29,31,33)/b23-16-. The van der Waals surface area contributed by atoms with Crippen LogP contribution >= 0.6 is 0 Å². The molecule has 0 bridgehead atoms. The quantitative estimate of drug-likeness (QED) is 0.267. The van der Waals surface area contributed by atoms with Gasteiger partial charge in [0.25, 0.3) is 11.8 Å². The van der Waals surface area contributed by atoms with Crippen molar-refractivity contribution in [2.24, 2.45) is 0 Å². The first-order valence-corrected chi connectivity index (χ1v) is 11.5. The maximum atomic E-state index is 13.1. The average molecular weight is 503 g/mol. The molecule has 1 aliphatic heterocycles. The van der Waals surface area contributed by atoms with E-state index in [1.54, 1.807) is 42.5 Å². The SMILES string of the molecule is COc1ccc(N2C(=O)NC(=O)/C(=C/c3ccc(OCCOc4ccc(C)cc4)c(OC)c3)C2=O)cc1. The average Bonchev–Trinajstić information content (AvgIpc) is 2.90. The monoisotopic (exact) mass is 502 g/mol. The van der Waals surface area contributed by atoms with Gasteiger partial charge in [-0.15, -0.1) is 0 Å². The highest BCUT2D eigenvalue weighted by Crippen LogP contribution is 2.30. The lowest BCUT2D eigenvalue weighted by Crippen LogP contribution is -2.54. The molecule has 4 amide bonds. The molecular weight excluding hydrogens is 476 g/mol. The number of imide groups is 2. The molecule has 190 valence electrons. The van der Waals surface area contributed by atoms with Crippen molar-refractivity contribution in [1.29, 1.82) is 0 Å². The van der Waals surface area contributed by atoms with Crippen LogP contribution in [0.15, 0.2) is 72.3 Å². The number of nitrogens with zero attached hydrogens (tertiary/aromatic N) is 1. The normalized spacial score (nSPS) is 14.4. The number of urea groups is 1. The summed E-state index contributed by atoms with van der Waals surface area (Å²) < 4.78 is 22.0. The lowest BCUT2D eigenvalue weighted by molar-refractivity contribution is -0.122. The van der Waals surface area contributed by atoms with E-state index in [1.165, 1.54) is 20.3 Å². The van der Waals surface area contributed by atoms with Crippen LogP contribution in [0.25, 0.3) is 6.08 Å². The number of amides is 4. The number of barbiturate groups is 1. The van der Waals surface area contributed by atoms with E-state index in [4.69, 9.17) is 18.9 Å². The molecular formula is C28H26N2O7. The number of nitrogens with one attached hydrogen (secondary N) is 1. The third-order valence-electron chi connectivity index (χ3n) is 5.56. The molecule has 0 saturated carbocycles. The predicted molar refractivity (Wildman–Crippen MR) is 137 cm³/mol. The second-order valence-electron chi connectivity index (χ2n) is 8.08. The van der Waals surface area contributed by atoms with Gasteiger partial charge in [0.15, 0.2) is 11.5 Å². The third-order valence-corrected chi connectivity index (χ3v) is 5.56. The highest BCUT2D eigenvalue weighted by molar-refractivity contribution is 6.39. The van der Waals surface area contributed by atoms with Crippen LogP contribution in [-0.2, 0) is 9.59 Å². The Balaban J connectivity index is 1.47. The first-order chi connectivity index (χ1) is 17.9. The maximum Gasteiger partial charge on any atom is 0.335 e. The first-order valence-electron chi connectivity index (χ1n) is 11.5. The van der Waals surface area contributed by atoms with Gasteiger partial charge in [-0.3, -0.25) is 14.9 Å². The van der Waals surface area contributed by atoms with Gasteiger partial charge in [0, 0.05) is 0 Å². The van der Waals surface area contributed by atoms with E-state index >= 15 is 0 Å². The molecule has 0 radical (unpaired) electrons. The molecule has 0 unspecified atom stereocenters. The van der Waals surface area contributed by atoms with Gasteiger partial charge < -0.3 is 18.9 Å². The lowest BCUT2D eigenvalue weighted by atomic mass is 10.1. The second kappa shape index (κ2) is 11.3. The van der Waals surface area contributed by atoms with Crippen molar-refractivity contribution in [1.82, 2.24) is 5.32 Å². The molecule has 0 atom stereocenters. The van der Waals surface area contributed by atoms with Gasteiger partial charge in [0.05, 0.1) is 19.9 Å². The zero-order chi connectivity index (χ0) is 26.4. The minimum Gasteiger partial charge on any atom is -0.497 e. The fourth-order valence-corrected chi connectivity index (χ4v) is 3.63. The summed E-state index contributed by atoms with van der Waals surface area (Å²) in [5, 5.41) is 2.21. The molecule has 0 spiro atoms. The Labute approximate surface area is 214 Å². The van der Waals surface area contributed by atoms with Gasteiger partial charge in [-0.05, 0) is 67.1 Å². The molecule has 1 saturated heterocycles. The number of rotatable bonds is 9. The summed E-state index contributed by atoms with van der Waals surface area (Å²) in [6.45, 7) is 2.62. The number of anilines is 1. The molecule has 1 heterocycles. The van der Waals surface area contributed by atoms with Crippen LogP contribution < -0.4 is 29.2 Å². The smallest absolute Gasteiger partial charge is 0.335 e. The Kier molecular flexibility index (Phi) is 7.73. The van der Waals surface area contributed by atoms with Gasteiger partial charge in [-0.25, -0.2) is 9.69 Å². The summed E-state index contributed by atoms with van der Waals surface area (Å²) in [5.41, 5.74) is 1.77. The minimum absolute atomic E-state index is 0.197. The van der Waals surface area contributed by atoms with Crippen LogP contribution in [0.3, 0.4) is 0 Å². The van der Waals surface area contributed by atoms with Gasteiger partial charge in [0.2, 0.25) is 0 Å². The number of benzene rings is 3. The van der Waals surface area contributed by atoms with E-state index in [2.05, 4.69) is 5.32 Å². The zero-order valence-corrected chi connectivity index (χ0v) is 20.6. The van der Waals surface area contributed by atoms with Crippen LogP contribution in [0.2, 0.25) is 0 Å². The number of aryl methyl sites for hydroxylation is 1. The first kappa shape index (κ1) is 25.3. The van der Waals surface area contributed by atoms with Gasteiger partial charge in [-0.2, -0.15) is 0 Å². The minimum atomic E-state index is -0.827. The van der Waals surface area contributed by atoms with Gasteiger partial charge in [-0.1, -0.05) is 23.8 Å². The van der Waals surface area contributed by atoms with Gasteiger partial charge in [0.1, 0.15) is 30.3 Å². The molecule has 9 nitrogen and oxygen atoms in total. The molecule has 0 aromatic heterocycles. The zero-order valence-electron chi connectivity index (χ0n) is 20.6. The van der Waals surface area contributed by atoms with Crippen LogP contribution in [0.5, 0.6) is 23.0 Å². The molecule has 37 heavy (non-hydrogen) atoms. The molecule has 1 fully saturated rings. The lowest BCUT2D eigenvalue weighted by Gasteiger charge is -2.26. The van der Waals surface area contributed by atoms with Gasteiger partial charge >= 0.3 is 6.03 Å². The Morgan fingerprint density at radius 3 is 2.14 bits per heavy atom. The summed E-state index contributed by atoms with van der Waals surface area (Å²) in [6.07, 6.45) is 1.40.